The average Bonchev–Trinajstić information content (AvgIpc) is 3.08. The second kappa shape index (κ2) is 5.29. The fourth-order valence-electron chi connectivity index (χ4n) is 2.24. The summed E-state index contributed by atoms with van der Waals surface area (Å²) in [5.74, 6) is 0.975. The van der Waals surface area contributed by atoms with Gasteiger partial charge in [-0.1, -0.05) is 6.07 Å². The Morgan fingerprint density at radius 2 is 2.00 bits per heavy atom. The van der Waals surface area contributed by atoms with Crippen molar-refractivity contribution in [2.24, 2.45) is 5.73 Å². The van der Waals surface area contributed by atoms with Gasteiger partial charge >= 0.3 is 0 Å². The average molecular weight is 248 g/mol. The van der Waals surface area contributed by atoms with Crippen LogP contribution in [0, 0.1) is 13.8 Å². The molecule has 0 spiro atoms. The standard InChI is InChI=1S/C15H24N2O/c1-11-12(2)14(18-3)5-4-13(11)6-9-17-10-15(16)7-8-15/h4-5,17H,6-10,16H2,1-3H3. The zero-order chi connectivity index (χ0) is 13.2. The minimum Gasteiger partial charge on any atom is -0.496 e. The minimum atomic E-state index is 0.102. The van der Waals surface area contributed by atoms with E-state index >= 15 is 0 Å². The van der Waals surface area contributed by atoms with Gasteiger partial charge in [-0.2, -0.15) is 0 Å². The van der Waals surface area contributed by atoms with E-state index in [-0.39, 0.29) is 5.54 Å². The van der Waals surface area contributed by atoms with E-state index in [4.69, 9.17) is 10.5 Å². The Labute approximate surface area is 110 Å². The molecule has 3 N–H and O–H groups in total. The van der Waals surface area contributed by atoms with Crippen molar-refractivity contribution in [1.82, 2.24) is 5.32 Å². The van der Waals surface area contributed by atoms with Crippen molar-refractivity contribution in [1.29, 1.82) is 0 Å². The van der Waals surface area contributed by atoms with Crippen molar-refractivity contribution in [3.05, 3.63) is 28.8 Å². The summed E-state index contributed by atoms with van der Waals surface area (Å²) in [4.78, 5) is 0. The molecule has 2 rings (SSSR count). The number of nitrogens with two attached hydrogens (primary N) is 1. The van der Waals surface area contributed by atoms with Crippen molar-refractivity contribution in [2.75, 3.05) is 20.2 Å². The Hall–Kier alpha value is -1.06. The quantitative estimate of drug-likeness (QED) is 0.756. The number of hydrogen-bond acceptors (Lipinski definition) is 3. The van der Waals surface area contributed by atoms with Crippen molar-refractivity contribution in [3.63, 3.8) is 0 Å². The van der Waals surface area contributed by atoms with Crippen LogP contribution in [0.2, 0.25) is 0 Å². The fraction of sp³-hybridized carbons (Fsp3) is 0.600. The van der Waals surface area contributed by atoms with Gasteiger partial charge in [0.25, 0.3) is 0 Å². The number of benzene rings is 1. The molecular formula is C15H24N2O. The Morgan fingerprint density at radius 1 is 1.28 bits per heavy atom. The lowest BCUT2D eigenvalue weighted by atomic mass is 10.00. The molecule has 0 heterocycles. The minimum absolute atomic E-state index is 0.102. The highest BCUT2D eigenvalue weighted by Crippen LogP contribution is 2.31. The third-order valence-electron chi connectivity index (χ3n) is 4.01. The summed E-state index contributed by atoms with van der Waals surface area (Å²) in [6.45, 7) is 6.22. The normalized spacial score (nSPS) is 16.7. The Kier molecular flexibility index (Phi) is 3.93. The second-order valence-electron chi connectivity index (χ2n) is 5.47. The molecule has 3 heteroatoms. The monoisotopic (exact) mass is 248 g/mol. The highest BCUT2D eigenvalue weighted by molar-refractivity contribution is 5.43. The molecule has 1 aliphatic carbocycles. The van der Waals surface area contributed by atoms with Gasteiger partial charge in [-0.15, -0.1) is 0 Å². The Morgan fingerprint density at radius 3 is 2.61 bits per heavy atom. The van der Waals surface area contributed by atoms with Crippen molar-refractivity contribution in [3.8, 4) is 5.75 Å². The molecule has 0 aromatic heterocycles. The van der Waals surface area contributed by atoms with Crippen LogP contribution in [0.4, 0.5) is 0 Å². The number of hydrogen-bond donors (Lipinski definition) is 2. The SMILES string of the molecule is COc1ccc(CCNCC2(N)CC2)c(C)c1C. The summed E-state index contributed by atoms with van der Waals surface area (Å²) in [5.41, 5.74) is 10.1. The van der Waals surface area contributed by atoms with E-state index in [0.29, 0.717) is 0 Å². The van der Waals surface area contributed by atoms with Crippen molar-refractivity contribution < 1.29 is 4.74 Å². The Balaban J connectivity index is 1.87. The van der Waals surface area contributed by atoms with Crippen LogP contribution in [0.1, 0.15) is 29.5 Å². The molecule has 3 nitrogen and oxygen atoms in total. The van der Waals surface area contributed by atoms with E-state index in [9.17, 15) is 0 Å². The number of rotatable bonds is 6. The van der Waals surface area contributed by atoms with Gasteiger partial charge in [0.15, 0.2) is 0 Å². The first kappa shape index (κ1) is 13.4. The number of nitrogens with one attached hydrogen (secondary N) is 1. The van der Waals surface area contributed by atoms with Crippen LogP contribution in [0.15, 0.2) is 12.1 Å². The van der Waals surface area contributed by atoms with Gasteiger partial charge in [-0.3, -0.25) is 0 Å². The summed E-state index contributed by atoms with van der Waals surface area (Å²) in [7, 11) is 1.72. The zero-order valence-electron chi connectivity index (χ0n) is 11.7. The summed E-state index contributed by atoms with van der Waals surface area (Å²) in [6, 6.07) is 4.22. The third kappa shape index (κ3) is 3.03. The fourth-order valence-corrected chi connectivity index (χ4v) is 2.24. The highest BCUT2D eigenvalue weighted by atomic mass is 16.5. The maximum Gasteiger partial charge on any atom is 0.122 e. The van der Waals surface area contributed by atoms with Crippen molar-refractivity contribution in [2.45, 2.75) is 38.6 Å². The first-order valence-corrected chi connectivity index (χ1v) is 6.68. The summed E-state index contributed by atoms with van der Waals surface area (Å²) >= 11 is 0. The number of ether oxygens (including phenoxy) is 1. The van der Waals surface area contributed by atoms with E-state index in [1.807, 2.05) is 0 Å². The predicted octanol–water partition coefficient (Wildman–Crippen LogP) is 1.94. The van der Waals surface area contributed by atoms with E-state index in [1.54, 1.807) is 7.11 Å². The lowest BCUT2D eigenvalue weighted by Gasteiger charge is -2.14. The molecule has 100 valence electrons. The van der Waals surface area contributed by atoms with Crippen LogP contribution in [0.5, 0.6) is 5.75 Å². The van der Waals surface area contributed by atoms with Crippen LogP contribution in [0.25, 0.3) is 0 Å². The third-order valence-corrected chi connectivity index (χ3v) is 4.01. The van der Waals surface area contributed by atoms with Crippen molar-refractivity contribution >= 4 is 0 Å². The molecule has 1 aromatic carbocycles. The van der Waals surface area contributed by atoms with E-state index in [0.717, 1.165) is 25.3 Å². The molecular weight excluding hydrogens is 224 g/mol. The van der Waals surface area contributed by atoms with Crippen LogP contribution in [0.3, 0.4) is 0 Å². The number of methoxy groups -OCH3 is 1. The maximum absolute atomic E-state index is 6.04. The van der Waals surface area contributed by atoms with Gasteiger partial charge in [0.05, 0.1) is 7.11 Å². The highest BCUT2D eigenvalue weighted by Gasteiger charge is 2.37. The van der Waals surface area contributed by atoms with Crippen LogP contribution in [-0.4, -0.2) is 25.7 Å². The van der Waals surface area contributed by atoms with E-state index < -0.39 is 0 Å². The first-order valence-electron chi connectivity index (χ1n) is 6.68. The lowest BCUT2D eigenvalue weighted by molar-refractivity contribution is 0.411. The molecule has 1 aliphatic rings. The van der Waals surface area contributed by atoms with Gasteiger partial charge in [0, 0.05) is 12.1 Å². The molecule has 0 radical (unpaired) electrons. The van der Waals surface area contributed by atoms with Gasteiger partial charge in [0.2, 0.25) is 0 Å². The topological polar surface area (TPSA) is 47.3 Å². The molecule has 0 amide bonds. The molecule has 1 saturated carbocycles. The molecule has 0 aliphatic heterocycles. The zero-order valence-corrected chi connectivity index (χ0v) is 11.7. The van der Waals surface area contributed by atoms with E-state index in [1.165, 1.54) is 29.5 Å². The first-order chi connectivity index (χ1) is 8.56. The molecule has 1 aromatic rings. The lowest BCUT2D eigenvalue weighted by Crippen LogP contribution is -2.36. The second-order valence-corrected chi connectivity index (χ2v) is 5.47. The summed E-state index contributed by atoms with van der Waals surface area (Å²) in [6.07, 6.45) is 3.38. The van der Waals surface area contributed by atoms with Crippen LogP contribution >= 0.6 is 0 Å². The Bertz CT molecular complexity index is 425. The summed E-state index contributed by atoms with van der Waals surface area (Å²) < 4.78 is 5.33. The van der Waals surface area contributed by atoms with Gasteiger partial charge in [-0.25, -0.2) is 0 Å². The smallest absolute Gasteiger partial charge is 0.122 e. The van der Waals surface area contributed by atoms with Gasteiger partial charge < -0.3 is 15.8 Å². The van der Waals surface area contributed by atoms with Crippen LogP contribution < -0.4 is 15.8 Å². The molecule has 0 atom stereocenters. The molecule has 1 fully saturated rings. The maximum atomic E-state index is 6.04. The summed E-state index contributed by atoms with van der Waals surface area (Å²) in [5, 5.41) is 3.46. The van der Waals surface area contributed by atoms with Gasteiger partial charge in [-0.05, 0) is 62.4 Å². The van der Waals surface area contributed by atoms with Gasteiger partial charge in [0.1, 0.15) is 5.75 Å². The molecule has 0 saturated heterocycles. The predicted molar refractivity (Wildman–Crippen MR) is 75.2 cm³/mol. The molecule has 0 unspecified atom stereocenters. The van der Waals surface area contributed by atoms with E-state index in [2.05, 4.69) is 31.3 Å². The van der Waals surface area contributed by atoms with Crippen LogP contribution in [-0.2, 0) is 6.42 Å². The largest absolute Gasteiger partial charge is 0.496 e. The molecule has 18 heavy (non-hydrogen) atoms. The molecule has 0 bridgehead atoms.